The lowest BCUT2D eigenvalue weighted by Gasteiger charge is -2.20. The average Bonchev–Trinajstić information content (AvgIpc) is 2.36. The second-order valence-corrected chi connectivity index (χ2v) is 3.74. The summed E-state index contributed by atoms with van der Waals surface area (Å²) < 4.78 is 4.95. The highest BCUT2D eigenvalue weighted by Crippen LogP contribution is 2.26. The number of hydrogen-bond donors (Lipinski definition) is 1. The monoisotopic (exact) mass is 234 g/mol. The first-order valence-corrected chi connectivity index (χ1v) is 5.71. The van der Waals surface area contributed by atoms with Gasteiger partial charge in [-0.3, -0.25) is 4.79 Å². The van der Waals surface area contributed by atoms with Crippen LogP contribution < -0.4 is 0 Å². The molecule has 0 unspecified atom stereocenters. The van der Waals surface area contributed by atoms with Crippen LogP contribution in [0.25, 0.3) is 0 Å². The number of allylic oxidation sites excluding steroid dienone is 1. The van der Waals surface area contributed by atoms with E-state index in [4.69, 9.17) is 4.74 Å². The molecule has 3 nitrogen and oxygen atoms in total. The van der Waals surface area contributed by atoms with Gasteiger partial charge in [0, 0.05) is 0 Å². The zero-order valence-corrected chi connectivity index (χ0v) is 10.0. The van der Waals surface area contributed by atoms with Crippen molar-refractivity contribution in [2.45, 2.75) is 19.4 Å². The lowest BCUT2D eigenvalue weighted by Crippen LogP contribution is -2.24. The molecule has 17 heavy (non-hydrogen) atoms. The molecule has 92 valence electrons. The topological polar surface area (TPSA) is 46.5 Å². The maximum atomic E-state index is 11.7. The molecule has 1 aromatic carbocycles. The van der Waals surface area contributed by atoms with E-state index in [1.165, 1.54) is 0 Å². The molecular formula is C14H18O3. The Labute approximate surface area is 102 Å². The number of aliphatic hydroxyl groups is 1. The van der Waals surface area contributed by atoms with Crippen LogP contribution in [0.1, 0.15) is 25.0 Å². The molecule has 0 aliphatic heterocycles. The van der Waals surface area contributed by atoms with Gasteiger partial charge in [0.2, 0.25) is 0 Å². The van der Waals surface area contributed by atoms with E-state index in [-0.39, 0.29) is 5.97 Å². The van der Waals surface area contributed by atoms with Crippen molar-refractivity contribution >= 4 is 5.97 Å². The van der Waals surface area contributed by atoms with Crippen LogP contribution in [0, 0.1) is 5.92 Å². The number of carbonyl (C=O) groups is 1. The Morgan fingerprint density at radius 3 is 2.65 bits per heavy atom. The van der Waals surface area contributed by atoms with Crippen molar-refractivity contribution in [2.24, 2.45) is 5.92 Å². The van der Waals surface area contributed by atoms with Crippen molar-refractivity contribution < 1.29 is 14.6 Å². The second kappa shape index (κ2) is 6.86. The summed E-state index contributed by atoms with van der Waals surface area (Å²) in [7, 11) is 0. The highest BCUT2D eigenvalue weighted by Gasteiger charge is 2.27. The number of esters is 1. The van der Waals surface area contributed by atoms with Crippen LogP contribution in [-0.2, 0) is 9.53 Å². The fourth-order valence-electron chi connectivity index (χ4n) is 1.67. The van der Waals surface area contributed by atoms with E-state index in [9.17, 15) is 9.90 Å². The van der Waals surface area contributed by atoms with Gasteiger partial charge in [-0.15, -0.1) is 6.58 Å². The van der Waals surface area contributed by atoms with Gasteiger partial charge < -0.3 is 9.84 Å². The molecule has 0 radical (unpaired) electrons. The highest BCUT2D eigenvalue weighted by atomic mass is 16.5. The molecule has 0 spiro atoms. The molecule has 1 aromatic rings. The lowest BCUT2D eigenvalue weighted by atomic mass is 9.93. The van der Waals surface area contributed by atoms with Crippen molar-refractivity contribution in [3.63, 3.8) is 0 Å². The third kappa shape index (κ3) is 3.71. The molecule has 0 saturated carbocycles. The standard InChI is InChI=1S/C14H18O3/c1-3-8-12(14(16)17-4-2)13(15)11-9-6-5-7-10-11/h3,5-7,9-10,12-13,15H,1,4,8H2,2H3/t12-,13+/m1/s1. The molecule has 0 aromatic heterocycles. The Morgan fingerprint density at radius 2 is 2.12 bits per heavy atom. The minimum Gasteiger partial charge on any atom is -0.466 e. The molecule has 0 bridgehead atoms. The van der Waals surface area contributed by atoms with E-state index >= 15 is 0 Å². The van der Waals surface area contributed by atoms with Crippen molar-refractivity contribution in [1.82, 2.24) is 0 Å². The maximum absolute atomic E-state index is 11.7. The van der Waals surface area contributed by atoms with Gasteiger partial charge in [0.15, 0.2) is 0 Å². The summed E-state index contributed by atoms with van der Waals surface area (Å²) >= 11 is 0. The normalized spacial score (nSPS) is 13.8. The largest absolute Gasteiger partial charge is 0.466 e. The summed E-state index contributed by atoms with van der Waals surface area (Å²) in [5.41, 5.74) is 0.715. The number of carbonyl (C=O) groups excluding carboxylic acids is 1. The highest BCUT2D eigenvalue weighted by molar-refractivity contribution is 5.73. The van der Waals surface area contributed by atoms with E-state index < -0.39 is 12.0 Å². The fraction of sp³-hybridized carbons (Fsp3) is 0.357. The zero-order valence-electron chi connectivity index (χ0n) is 10.0. The third-order valence-electron chi connectivity index (χ3n) is 2.53. The first kappa shape index (κ1) is 13.5. The van der Waals surface area contributed by atoms with Gasteiger partial charge >= 0.3 is 5.97 Å². The van der Waals surface area contributed by atoms with Gasteiger partial charge in [-0.25, -0.2) is 0 Å². The number of ether oxygens (including phenoxy) is 1. The molecule has 0 fully saturated rings. The minimum absolute atomic E-state index is 0.313. The van der Waals surface area contributed by atoms with Crippen molar-refractivity contribution in [2.75, 3.05) is 6.61 Å². The number of hydrogen-bond acceptors (Lipinski definition) is 3. The van der Waals surface area contributed by atoms with Crippen molar-refractivity contribution in [3.05, 3.63) is 48.6 Å². The predicted molar refractivity (Wildman–Crippen MR) is 66.3 cm³/mol. The van der Waals surface area contributed by atoms with E-state index in [0.717, 1.165) is 0 Å². The Hall–Kier alpha value is -1.61. The molecule has 1 rings (SSSR count). The Bertz CT molecular complexity index is 359. The number of rotatable bonds is 6. The Morgan fingerprint density at radius 1 is 1.47 bits per heavy atom. The van der Waals surface area contributed by atoms with Gasteiger partial charge in [0.05, 0.1) is 18.6 Å². The molecule has 0 heterocycles. The van der Waals surface area contributed by atoms with Crippen LogP contribution >= 0.6 is 0 Å². The van der Waals surface area contributed by atoms with Gasteiger partial charge in [0.25, 0.3) is 0 Å². The average molecular weight is 234 g/mol. The number of aliphatic hydroxyl groups excluding tert-OH is 1. The number of benzene rings is 1. The van der Waals surface area contributed by atoms with Crippen LogP contribution in [0.2, 0.25) is 0 Å². The molecule has 0 aliphatic carbocycles. The maximum Gasteiger partial charge on any atom is 0.312 e. The van der Waals surface area contributed by atoms with Crippen molar-refractivity contribution in [1.29, 1.82) is 0 Å². The molecule has 3 heteroatoms. The van der Waals surface area contributed by atoms with Gasteiger partial charge in [0.1, 0.15) is 0 Å². The molecular weight excluding hydrogens is 216 g/mol. The first-order valence-electron chi connectivity index (χ1n) is 5.71. The van der Waals surface area contributed by atoms with Crippen LogP contribution in [-0.4, -0.2) is 17.7 Å². The molecule has 2 atom stereocenters. The van der Waals surface area contributed by atoms with E-state index in [0.29, 0.717) is 18.6 Å². The molecule has 0 aliphatic rings. The SMILES string of the molecule is C=CC[C@@H](C(=O)OCC)[C@@H](O)c1ccccc1. The van der Waals surface area contributed by atoms with Crippen molar-refractivity contribution in [3.8, 4) is 0 Å². The zero-order chi connectivity index (χ0) is 12.7. The van der Waals surface area contributed by atoms with Gasteiger partial charge in [-0.2, -0.15) is 0 Å². The van der Waals surface area contributed by atoms with E-state index in [1.54, 1.807) is 25.1 Å². The summed E-state index contributed by atoms with van der Waals surface area (Å²) in [4.78, 5) is 11.7. The summed E-state index contributed by atoms with van der Waals surface area (Å²) in [6.07, 6.45) is 1.16. The van der Waals surface area contributed by atoms with Gasteiger partial charge in [-0.05, 0) is 18.9 Å². The Balaban J connectivity index is 2.83. The second-order valence-electron chi connectivity index (χ2n) is 3.74. The van der Waals surface area contributed by atoms with Crippen LogP contribution in [0.3, 0.4) is 0 Å². The molecule has 0 amide bonds. The fourth-order valence-corrected chi connectivity index (χ4v) is 1.67. The minimum atomic E-state index is -0.853. The van der Waals surface area contributed by atoms with E-state index in [1.807, 2.05) is 18.2 Å². The first-order chi connectivity index (χ1) is 8.20. The van der Waals surface area contributed by atoms with Crippen LogP contribution in [0.5, 0.6) is 0 Å². The molecule has 1 N–H and O–H groups in total. The summed E-state index contributed by atoms with van der Waals surface area (Å²) in [5.74, 6) is -0.974. The van der Waals surface area contributed by atoms with Gasteiger partial charge in [-0.1, -0.05) is 36.4 Å². The van der Waals surface area contributed by atoms with Crippen LogP contribution in [0.4, 0.5) is 0 Å². The molecule has 0 saturated heterocycles. The predicted octanol–water partition coefficient (Wildman–Crippen LogP) is 2.48. The third-order valence-corrected chi connectivity index (χ3v) is 2.53. The summed E-state index contributed by atoms with van der Waals surface area (Å²) in [6, 6.07) is 9.10. The summed E-state index contributed by atoms with van der Waals surface area (Å²) in [5, 5.41) is 10.2. The van der Waals surface area contributed by atoms with E-state index in [2.05, 4.69) is 6.58 Å². The smallest absolute Gasteiger partial charge is 0.312 e. The quantitative estimate of drug-likeness (QED) is 0.607. The lowest BCUT2D eigenvalue weighted by molar-refractivity contribution is -0.152. The van der Waals surface area contributed by atoms with Crippen LogP contribution in [0.15, 0.2) is 43.0 Å². The Kier molecular flexibility index (Phi) is 5.43. The summed E-state index contributed by atoms with van der Waals surface area (Å²) in [6.45, 7) is 5.66.